The molecule has 0 aliphatic rings. The average molecular weight is 555 g/mol. The number of carbonyl (C=O) groups excluding carboxylic acids is 2. The van der Waals surface area contributed by atoms with Gasteiger partial charge in [0.05, 0.1) is 4.47 Å². The van der Waals surface area contributed by atoms with Gasteiger partial charge in [-0.3, -0.25) is 9.59 Å². The predicted molar refractivity (Wildman–Crippen MR) is 143 cm³/mol. The second kappa shape index (κ2) is 13.2. The minimum absolute atomic E-state index is 0.0946. The number of nitrogens with one attached hydrogen (secondary N) is 1. The molecule has 2 amide bonds. The summed E-state index contributed by atoms with van der Waals surface area (Å²) in [7, 11) is 0. The third-order valence-corrected chi connectivity index (χ3v) is 6.34. The molecule has 3 aromatic rings. The van der Waals surface area contributed by atoms with Crippen LogP contribution in [0.5, 0.6) is 5.75 Å². The second-order valence-electron chi connectivity index (χ2n) is 8.92. The van der Waals surface area contributed by atoms with Crippen molar-refractivity contribution in [3.05, 3.63) is 99.8 Å². The summed E-state index contributed by atoms with van der Waals surface area (Å²) in [5, 5.41) is 2.95. The van der Waals surface area contributed by atoms with Crippen molar-refractivity contribution < 1.29 is 18.7 Å². The van der Waals surface area contributed by atoms with Crippen LogP contribution in [0.3, 0.4) is 0 Å². The van der Waals surface area contributed by atoms with Gasteiger partial charge in [-0.15, -0.1) is 0 Å². The second-order valence-corrected chi connectivity index (χ2v) is 9.78. The molecule has 36 heavy (non-hydrogen) atoms. The van der Waals surface area contributed by atoms with Crippen LogP contribution in [0.25, 0.3) is 0 Å². The Hall–Kier alpha value is -3.19. The van der Waals surface area contributed by atoms with Crippen molar-refractivity contribution in [2.75, 3.05) is 6.61 Å². The first-order chi connectivity index (χ1) is 17.3. The molecule has 5 nitrogen and oxygen atoms in total. The Morgan fingerprint density at radius 1 is 0.972 bits per heavy atom. The van der Waals surface area contributed by atoms with E-state index >= 15 is 0 Å². The summed E-state index contributed by atoms with van der Waals surface area (Å²) < 4.78 is 20.2. The van der Waals surface area contributed by atoms with Crippen LogP contribution in [0.15, 0.2) is 77.3 Å². The van der Waals surface area contributed by atoms with Gasteiger partial charge < -0.3 is 15.0 Å². The van der Waals surface area contributed by atoms with Gasteiger partial charge in [0.15, 0.2) is 6.61 Å². The van der Waals surface area contributed by atoms with Gasteiger partial charge >= 0.3 is 0 Å². The van der Waals surface area contributed by atoms with Gasteiger partial charge in [-0.1, -0.05) is 55.5 Å². The summed E-state index contributed by atoms with van der Waals surface area (Å²) in [4.78, 5) is 28.4. The van der Waals surface area contributed by atoms with Crippen LogP contribution >= 0.6 is 15.9 Å². The van der Waals surface area contributed by atoms with E-state index in [9.17, 15) is 14.0 Å². The molecule has 3 aromatic carbocycles. The van der Waals surface area contributed by atoms with E-state index < -0.39 is 6.04 Å². The zero-order valence-electron chi connectivity index (χ0n) is 20.8. The van der Waals surface area contributed by atoms with Crippen molar-refractivity contribution in [3.8, 4) is 5.75 Å². The van der Waals surface area contributed by atoms with Crippen LogP contribution in [0.2, 0.25) is 0 Å². The van der Waals surface area contributed by atoms with Crippen molar-refractivity contribution in [3.63, 3.8) is 0 Å². The maximum atomic E-state index is 13.6. The quantitative estimate of drug-likeness (QED) is 0.331. The Bertz CT molecular complexity index is 1150. The van der Waals surface area contributed by atoms with E-state index in [1.807, 2.05) is 62.4 Å². The van der Waals surface area contributed by atoms with Crippen molar-refractivity contribution in [2.24, 2.45) is 0 Å². The molecule has 0 aromatic heterocycles. The molecule has 0 radical (unpaired) electrons. The summed E-state index contributed by atoms with van der Waals surface area (Å²) in [6.45, 7) is 5.72. The minimum atomic E-state index is -0.776. The highest BCUT2D eigenvalue weighted by molar-refractivity contribution is 9.10. The van der Waals surface area contributed by atoms with Crippen LogP contribution in [-0.2, 0) is 29.0 Å². The Morgan fingerprint density at radius 3 is 2.25 bits per heavy atom. The van der Waals surface area contributed by atoms with E-state index in [1.54, 1.807) is 12.1 Å². The summed E-state index contributed by atoms with van der Waals surface area (Å²) in [5.41, 5.74) is 2.79. The highest BCUT2D eigenvalue weighted by Gasteiger charge is 2.31. The molecule has 0 unspecified atom stereocenters. The number of carbonyl (C=O) groups is 2. The predicted octanol–water partition coefficient (Wildman–Crippen LogP) is 5.69. The van der Waals surface area contributed by atoms with Gasteiger partial charge in [0, 0.05) is 19.0 Å². The zero-order chi connectivity index (χ0) is 26.1. The Labute approximate surface area is 220 Å². The lowest BCUT2D eigenvalue weighted by Crippen LogP contribution is -2.52. The Morgan fingerprint density at radius 2 is 1.64 bits per heavy atom. The van der Waals surface area contributed by atoms with E-state index in [0.717, 1.165) is 22.0 Å². The molecule has 0 bridgehead atoms. The summed E-state index contributed by atoms with van der Waals surface area (Å²) in [6, 6.07) is 20.4. The molecule has 0 saturated heterocycles. The Balaban J connectivity index is 1.90. The molecule has 0 heterocycles. The highest BCUT2D eigenvalue weighted by Crippen LogP contribution is 2.26. The largest absolute Gasteiger partial charge is 0.483 e. The summed E-state index contributed by atoms with van der Waals surface area (Å²) in [6.07, 6.45) is 1.22. The maximum Gasteiger partial charge on any atom is 0.261 e. The number of halogens is 2. The number of amides is 2. The SMILES string of the molecule is CCc1ccc(OCC(=O)N(Cc2ccc(F)cc2)[C@@H](Cc2ccccc2)C(=O)NC(C)C)c(Br)c1. The number of rotatable bonds is 11. The van der Waals surface area contributed by atoms with Gasteiger partial charge in [-0.25, -0.2) is 4.39 Å². The monoisotopic (exact) mass is 554 g/mol. The molecular weight excluding hydrogens is 523 g/mol. The molecule has 0 aliphatic heterocycles. The molecule has 0 spiro atoms. The molecule has 190 valence electrons. The maximum absolute atomic E-state index is 13.6. The fraction of sp³-hybridized carbons (Fsp3) is 0.310. The molecule has 1 atom stereocenters. The molecule has 0 fully saturated rings. The van der Waals surface area contributed by atoms with E-state index in [4.69, 9.17) is 4.74 Å². The van der Waals surface area contributed by atoms with Crippen molar-refractivity contribution in [1.29, 1.82) is 0 Å². The third kappa shape index (κ3) is 7.92. The number of aryl methyl sites for hydroxylation is 1. The number of nitrogens with zero attached hydrogens (tertiary/aromatic N) is 1. The topological polar surface area (TPSA) is 58.6 Å². The molecule has 7 heteroatoms. The van der Waals surface area contributed by atoms with Gasteiger partial charge in [0.2, 0.25) is 5.91 Å². The lowest BCUT2D eigenvalue weighted by molar-refractivity contribution is -0.143. The fourth-order valence-electron chi connectivity index (χ4n) is 3.82. The van der Waals surface area contributed by atoms with Crippen LogP contribution in [-0.4, -0.2) is 35.4 Å². The van der Waals surface area contributed by atoms with Gasteiger partial charge in [0.25, 0.3) is 5.91 Å². The fourth-order valence-corrected chi connectivity index (χ4v) is 4.37. The normalized spacial score (nSPS) is 11.7. The van der Waals surface area contributed by atoms with E-state index in [1.165, 1.54) is 17.0 Å². The highest BCUT2D eigenvalue weighted by atomic mass is 79.9. The van der Waals surface area contributed by atoms with Crippen molar-refractivity contribution in [1.82, 2.24) is 10.2 Å². The number of benzene rings is 3. The van der Waals surface area contributed by atoms with Crippen molar-refractivity contribution >= 4 is 27.7 Å². The van der Waals surface area contributed by atoms with Crippen LogP contribution < -0.4 is 10.1 Å². The standard InChI is InChI=1S/C29H32BrFN2O3/c1-4-21-12-15-27(25(30)16-21)36-19-28(34)33(18-23-10-13-24(31)14-11-23)26(29(35)32-20(2)3)17-22-8-6-5-7-9-22/h5-16,20,26H,4,17-19H2,1-3H3,(H,32,35)/t26-/m0/s1. The Kier molecular flexibility index (Phi) is 10.1. The van der Waals surface area contributed by atoms with Crippen molar-refractivity contribution in [2.45, 2.75) is 52.2 Å². The van der Waals surface area contributed by atoms with Gasteiger partial charge in [-0.2, -0.15) is 0 Å². The minimum Gasteiger partial charge on any atom is -0.483 e. The number of hydrogen-bond donors (Lipinski definition) is 1. The van der Waals surface area contributed by atoms with Gasteiger partial charge in [-0.05, 0) is 77.2 Å². The van der Waals surface area contributed by atoms with Crippen LogP contribution in [0.1, 0.15) is 37.5 Å². The lowest BCUT2D eigenvalue weighted by Gasteiger charge is -2.32. The first-order valence-electron chi connectivity index (χ1n) is 12.1. The molecule has 3 rings (SSSR count). The number of ether oxygens (including phenoxy) is 1. The molecule has 0 saturated carbocycles. The first kappa shape index (κ1) is 27.4. The average Bonchev–Trinajstić information content (AvgIpc) is 2.86. The summed E-state index contributed by atoms with van der Waals surface area (Å²) >= 11 is 3.51. The molecular formula is C29H32BrFN2O3. The smallest absolute Gasteiger partial charge is 0.261 e. The third-order valence-electron chi connectivity index (χ3n) is 5.72. The van der Waals surface area contributed by atoms with E-state index in [2.05, 4.69) is 28.2 Å². The molecule has 1 N–H and O–H groups in total. The van der Waals surface area contributed by atoms with E-state index in [0.29, 0.717) is 17.7 Å². The van der Waals surface area contributed by atoms with E-state index in [-0.39, 0.29) is 36.8 Å². The van der Waals surface area contributed by atoms with Crippen LogP contribution in [0.4, 0.5) is 4.39 Å². The zero-order valence-corrected chi connectivity index (χ0v) is 22.4. The first-order valence-corrected chi connectivity index (χ1v) is 12.9. The number of hydrogen-bond acceptors (Lipinski definition) is 3. The van der Waals surface area contributed by atoms with Gasteiger partial charge in [0.1, 0.15) is 17.6 Å². The lowest BCUT2D eigenvalue weighted by atomic mass is 10.0. The molecule has 0 aliphatic carbocycles. The summed E-state index contributed by atoms with van der Waals surface area (Å²) in [5.74, 6) is -0.407. The van der Waals surface area contributed by atoms with Crippen LogP contribution in [0, 0.1) is 5.82 Å².